The lowest BCUT2D eigenvalue weighted by Gasteiger charge is -2.40. The molecule has 9 heteroatoms. The molecule has 0 saturated carbocycles. The molecular weight excluding hydrogens is 511 g/mol. The third-order valence-electron chi connectivity index (χ3n) is 6.16. The Morgan fingerprint density at radius 1 is 0.972 bits per heavy atom. The van der Waals surface area contributed by atoms with Gasteiger partial charge in [0.2, 0.25) is 0 Å². The van der Waals surface area contributed by atoms with E-state index >= 15 is 0 Å². The molecule has 0 radical (unpaired) electrons. The molecule has 1 amide bonds. The van der Waals surface area contributed by atoms with Crippen molar-refractivity contribution in [3.05, 3.63) is 105 Å². The summed E-state index contributed by atoms with van der Waals surface area (Å²) >= 11 is 12.1. The number of aliphatic hydroxyl groups excluding tert-OH is 1. The molecule has 0 saturated heterocycles. The lowest BCUT2D eigenvalue weighted by molar-refractivity contribution is -0.182. The fourth-order valence-corrected chi connectivity index (χ4v) is 4.52. The van der Waals surface area contributed by atoms with E-state index in [1.54, 1.807) is 80.6 Å². The van der Waals surface area contributed by atoms with Crippen LogP contribution in [0.1, 0.15) is 46.5 Å². The van der Waals surface area contributed by atoms with E-state index in [2.05, 4.69) is 0 Å². The number of nitrogens with zero attached hydrogens (tertiary/aromatic N) is 1. The summed E-state index contributed by atoms with van der Waals surface area (Å²) in [6, 6.07) is 18.0. The van der Waals surface area contributed by atoms with Gasteiger partial charge in [0, 0.05) is 33.3 Å². The average Bonchev–Trinajstić information content (AvgIpc) is 3.07. The van der Waals surface area contributed by atoms with Gasteiger partial charge in [-0.25, -0.2) is 8.78 Å². The Kier molecular flexibility index (Phi) is 7.16. The molecule has 1 unspecified atom stereocenters. The van der Waals surface area contributed by atoms with Crippen LogP contribution in [-0.4, -0.2) is 40.2 Å². The van der Waals surface area contributed by atoms with Crippen LogP contribution in [0.25, 0.3) is 0 Å². The number of carbonyl (C=O) groups excluding carboxylic acids is 1. The monoisotopic (exact) mass is 535 g/mol. The Morgan fingerprint density at radius 3 is 2.11 bits per heavy atom. The standard InChI is InChI=1S/C27H25Cl2F2NO4/c1-25(2,35)19-7-12-23-22(13-19)24(34)32(14-17-3-8-20(28)9-4-17)27(23,36-16-26(30,31)15-33)18-5-10-21(29)11-6-18/h3-13,33,35H,14-16H2,1-2H3. The summed E-state index contributed by atoms with van der Waals surface area (Å²) in [5.41, 5.74) is -0.873. The van der Waals surface area contributed by atoms with Crippen molar-refractivity contribution in [2.24, 2.45) is 0 Å². The molecule has 5 nitrogen and oxygen atoms in total. The van der Waals surface area contributed by atoms with E-state index in [0.29, 0.717) is 32.3 Å². The van der Waals surface area contributed by atoms with Crippen LogP contribution < -0.4 is 0 Å². The van der Waals surface area contributed by atoms with Gasteiger partial charge >= 0.3 is 0 Å². The van der Waals surface area contributed by atoms with Gasteiger partial charge in [-0.2, -0.15) is 0 Å². The van der Waals surface area contributed by atoms with Crippen LogP contribution in [0.4, 0.5) is 8.78 Å². The Morgan fingerprint density at radius 2 is 1.56 bits per heavy atom. The van der Waals surface area contributed by atoms with Crippen molar-refractivity contribution in [1.29, 1.82) is 0 Å². The van der Waals surface area contributed by atoms with Crippen LogP contribution in [-0.2, 0) is 22.6 Å². The number of hydrogen-bond donors (Lipinski definition) is 2. The summed E-state index contributed by atoms with van der Waals surface area (Å²) in [5.74, 6) is -4.02. The van der Waals surface area contributed by atoms with Gasteiger partial charge in [-0.1, -0.05) is 59.6 Å². The zero-order chi connectivity index (χ0) is 26.3. The highest BCUT2D eigenvalue weighted by molar-refractivity contribution is 6.30. The topological polar surface area (TPSA) is 70.0 Å². The minimum atomic E-state index is -3.55. The second-order valence-electron chi connectivity index (χ2n) is 9.29. The fraction of sp³-hybridized carbons (Fsp3) is 0.296. The van der Waals surface area contributed by atoms with Crippen LogP contribution in [0.15, 0.2) is 66.7 Å². The number of ether oxygens (including phenoxy) is 1. The zero-order valence-electron chi connectivity index (χ0n) is 19.6. The van der Waals surface area contributed by atoms with Crippen molar-refractivity contribution < 1.29 is 28.5 Å². The van der Waals surface area contributed by atoms with Crippen molar-refractivity contribution >= 4 is 29.1 Å². The number of rotatable bonds is 8. The quantitative estimate of drug-likeness (QED) is 0.387. The molecule has 0 bridgehead atoms. The van der Waals surface area contributed by atoms with E-state index < -0.39 is 36.4 Å². The molecule has 1 atom stereocenters. The van der Waals surface area contributed by atoms with Gasteiger partial charge in [-0.05, 0) is 55.3 Å². The second kappa shape index (κ2) is 9.72. The van der Waals surface area contributed by atoms with Gasteiger partial charge in [-0.15, -0.1) is 0 Å². The maximum absolute atomic E-state index is 14.3. The molecule has 1 aliphatic rings. The number of aliphatic hydroxyl groups is 2. The second-order valence-corrected chi connectivity index (χ2v) is 10.2. The first-order valence-corrected chi connectivity index (χ1v) is 12.0. The van der Waals surface area contributed by atoms with Crippen molar-refractivity contribution in [1.82, 2.24) is 4.90 Å². The van der Waals surface area contributed by atoms with Crippen LogP contribution in [0.2, 0.25) is 10.0 Å². The Balaban J connectivity index is 1.95. The summed E-state index contributed by atoms with van der Waals surface area (Å²) in [5, 5.41) is 20.7. The van der Waals surface area contributed by atoms with E-state index in [-0.39, 0.29) is 12.1 Å². The van der Waals surface area contributed by atoms with Gasteiger partial charge in [0.15, 0.2) is 5.72 Å². The average molecular weight is 536 g/mol. The molecule has 1 heterocycles. The number of halogens is 4. The number of fused-ring (bicyclic) bond motifs is 1. The number of benzene rings is 3. The molecule has 190 valence electrons. The van der Waals surface area contributed by atoms with Gasteiger partial charge in [0.05, 0.1) is 5.60 Å². The summed E-state index contributed by atoms with van der Waals surface area (Å²) in [6.45, 7) is 0.618. The summed E-state index contributed by atoms with van der Waals surface area (Å²) in [4.78, 5) is 15.2. The Bertz CT molecular complexity index is 1260. The first-order valence-electron chi connectivity index (χ1n) is 11.2. The molecule has 0 aromatic heterocycles. The van der Waals surface area contributed by atoms with Crippen LogP contribution >= 0.6 is 23.2 Å². The van der Waals surface area contributed by atoms with Crippen LogP contribution in [0, 0.1) is 0 Å². The van der Waals surface area contributed by atoms with Gasteiger partial charge in [-0.3, -0.25) is 9.69 Å². The molecular formula is C27H25Cl2F2NO4. The largest absolute Gasteiger partial charge is 0.390 e. The van der Waals surface area contributed by atoms with E-state index in [9.17, 15) is 23.8 Å². The molecule has 3 aromatic carbocycles. The zero-order valence-corrected chi connectivity index (χ0v) is 21.2. The Labute approximate surface area is 217 Å². The van der Waals surface area contributed by atoms with Crippen LogP contribution in [0.5, 0.6) is 0 Å². The highest BCUT2D eigenvalue weighted by atomic mass is 35.5. The predicted octanol–water partition coefficient (Wildman–Crippen LogP) is 5.72. The third kappa shape index (κ3) is 4.99. The predicted molar refractivity (Wildman–Crippen MR) is 133 cm³/mol. The first-order chi connectivity index (χ1) is 16.9. The molecule has 0 spiro atoms. The Hall–Kier alpha value is -2.55. The number of alkyl halides is 2. The van der Waals surface area contributed by atoms with E-state index in [4.69, 9.17) is 27.9 Å². The van der Waals surface area contributed by atoms with Gasteiger partial charge in [0.25, 0.3) is 11.8 Å². The van der Waals surface area contributed by atoms with Crippen molar-refractivity contribution in [2.45, 2.75) is 37.6 Å². The minimum Gasteiger partial charge on any atom is -0.390 e. The normalized spacial score (nSPS) is 18.0. The minimum absolute atomic E-state index is 0.00978. The van der Waals surface area contributed by atoms with Crippen molar-refractivity contribution in [3.8, 4) is 0 Å². The van der Waals surface area contributed by atoms with E-state index in [1.165, 1.54) is 4.90 Å². The first kappa shape index (κ1) is 26.5. The highest BCUT2D eigenvalue weighted by Gasteiger charge is 2.53. The smallest absolute Gasteiger partial charge is 0.293 e. The molecule has 2 N–H and O–H groups in total. The fourth-order valence-electron chi connectivity index (χ4n) is 4.27. The number of carbonyl (C=O) groups is 1. The summed E-state index contributed by atoms with van der Waals surface area (Å²) in [7, 11) is 0. The summed E-state index contributed by atoms with van der Waals surface area (Å²) in [6.07, 6.45) is 0. The molecule has 0 fully saturated rings. The summed E-state index contributed by atoms with van der Waals surface area (Å²) < 4.78 is 34.6. The molecule has 36 heavy (non-hydrogen) atoms. The lowest BCUT2D eigenvalue weighted by Crippen LogP contribution is -2.48. The lowest BCUT2D eigenvalue weighted by atomic mass is 9.89. The van der Waals surface area contributed by atoms with Crippen molar-refractivity contribution in [2.75, 3.05) is 13.2 Å². The highest BCUT2D eigenvalue weighted by Crippen LogP contribution is 2.48. The SMILES string of the molecule is CC(C)(O)c1ccc2c(c1)C(=O)N(Cc1ccc(Cl)cc1)C2(OCC(F)(F)CO)c1ccc(Cl)cc1. The van der Waals surface area contributed by atoms with Crippen molar-refractivity contribution in [3.63, 3.8) is 0 Å². The molecule has 4 rings (SSSR count). The maximum Gasteiger partial charge on any atom is 0.293 e. The number of amides is 1. The van der Waals surface area contributed by atoms with Crippen LogP contribution in [0.3, 0.4) is 0 Å². The molecule has 3 aromatic rings. The molecule has 1 aliphatic heterocycles. The third-order valence-corrected chi connectivity index (χ3v) is 6.66. The number of hydrogen-bond acceptors (Lipinski definition) is 4. The van der Waals surface area contributed by atoms with Gasteiger partial charge in [0.1, 0.15) is 13.2 Å². The molecule has 0 aliphatic carbocycles. The van der Waals surface area contributed by atoms with Gasteiger partial charge < -0.3 is 14.9 Å². The van der Waals surface area contributed by atoms with E-state index in [0.717, 1.165) is 0 Å². The van der Waals surface area contributed by atoms with E-state index in [1.807, 2.05) is 0 Å². The maximum atomic E-state index is 14.3.